The maximum Gasteiger partial charge on any atom is 0.255 e. The Morgan fingerprint density at radius 2 is 2.10 bits per heavy atom. The number of carbonyl (C=O) groups excluding carboxylic acids is 1. The first-order valence-electron chi connectivity index (χ1n) is 13.7. The van der Waals surface area contributed by atoms with Crippen molar-refractivity contribution in [1.29, 1.82) is 0 Å². The summed E-state index contributed by atoms with van der Waals surface area (Å²) in [5, 5.41) is 16.0. The number of nitrogens with one attached hydrogen (secondary N) is 2. The van der Waals surface area contributed by atoms with Crippen molar-refractivity contribution in [3.8, 4) is 17.0 Å². The number of hydrogen-bond donors (Lipinski definition) is 3. The Morgan fingerprint density at radius 1 is 1.27 bits per heavy atom. The molecule has 11 heteroatoms. The summed E-state index contributed by atoms with van der Waals surface area (Å²) in [4.78, 5) is 20.6. The molecule has 3 N–H and O–H groups in total. The number of carbonyl (C=O) groups is 1. The first kappa shape index (κ1) is 27.1. The number of fused-ring (bicyclic) bond motifs is 3. The molecule has 40 heavy (non-hydrogen) atoms. The Balaban J connectivity index is 1.17. The number of benzene rings is 2. The molecule has 2 aliphatic rings. The summed E-state index contributed by atoms with van der Waals surface area (Å²) in [7, 11) is 1.53. The van der Waals surface area contributed by atoms with E-state index in [0.29, 0.717) is 59.9 Å². The lowest BCUT2D eigenvalue weighted by Crippen LogP contribution is -2.36. The minimum atomic E-state index is -0.687. The number of rotatable bonds is 8. The average molecular weight is 570 g/mol. The Morgan fingerprint density at radius 3 is 2.83 bits per heavy atom. The lowest BCUT2D eigenvalue weighted by atomic mass is 10.0. The van der Waals surface area contributed by atoms with Gasteiger partial charge in [-0.15, -0.1) is 0 Å². The minimum Gasteiger partial charge on any atom is -0.496 e. The first-order chi connectivity index (χ1) is 19.4. The fraction of sp³-hybridized carbons (Fsp3) is 0.448. The van der Waals surface area contributed by atoms with Crippen LogP contribution in [0.25, 0.3) is 26.4 Å². The molecule has 0 bridgehead atoms. The van der Waals surface area contributed by atoms with E-state index in [-0.39, 0.29) is 17.8 Å². The number of nitrogens with zero attached hydrogens (tertiary/aromatic N) is 3. The van der Waals surface area contributed by atoms with Gasteiger partial charge in [-0.2, -0.15) is 0 Å². The molecule has 2 saturated heterocycles. The van der Waals surface area contributed by atoms with Gasteiger partial charge in [-0.1, -0.05) is 17.4 Å². The molecule has 1 amide bonds. The highest BCUT2D eigenvalue weighted by Crippen LogP contribution is 2.35. The molecule has 4 heterocycles. The molecule has 212 valence electrons. The van der Waals surface area contributed by atoms with Gasteiger partial charge in [0, 0.05) is 50.0 Å². The maximum atomic E-state index is 15.1. The zero-order valence-electron chi connectivity index (χ0n) is 22.3. The molecule has 0 aliphatic carbocycles. The number of β-amino-alcohol motifs (C(OH)–C–C–N with tert-alkyl or cyclic N) is 1. The fourth-order valence-electron chi connectivity index (χ4n) is 5.65. The lowest BCUT2D eigenvalue weighted by molar-refractivity contribution is 0.0947. The van der Waals surface area contributed by atoms with Crippen LogP contribution in [0.2, 0.25) is 0 Å². The van der Waals surface area contributed by atoms with E-state index in [1.54, 1.807) is 12.3 Å². The Labute approximate surface area is 235 Å². The number of likely N-dealkylation sites (tertiary alicyclic amines) is 1. The van der Waals surface area contributed by atoms with Gasteiger partial charge in [0.25, 0.3) is 5.91 Å². The summed E-state index contributed by atoms with van der Waals surface area (Å²) in [5.41, 5.74) is 3.01. The lowest BCUT2D eigenvalue weighted by Gasteiger charge is -2.28. The zero-order valence-corrected chi connectivity index (χ0v) is 23.1. The molecule has 0 spiro atoms. The van der Waals surface area contributed by atoms with Crippen molar-refractivity contribution in [2.45, 2.75) is 44.0 Å². The highest BCUT2D eigenvalue weighted by Gasteiger charge is 2.25. The second-order valence-electron chi connectivity index (χ2n) is 10.6. The summed E-state index contributed by atoms with van der Waals surface area (Å²) >= 11 is 1.42. The standard InChI is InChI=1S/C29H33F2N5O3S/c1-39-26-14-25-27(13-21(26)28(38)32-7-2-8-35-9-5-18(30)6-10-35)40-29-34-24(16-36(25)29)20-4-3-17(11-22(20)31)23-12-19(37)15-33-23/h3-4,11,13-14,16,18-19,23,33,37H,2,5-10,12,15H2,1H3,(H,32,38)/t19-,23+/m0/s1. The van der Waals surface area contributed by atoms with Gasteiger partial charge in [-0.25, -0.2) is 13.8 Å². The fourth-order valence-corrected chi connectivity index (χ4v) is 6.68. The first-order valence-corrected chi connectivity index (χ1v) is 14.6. The molecule has 2 aliphatic heterocycles. The van der Waals surface area contributed by atoms with Gasteiger partial charge in [-0.05, 0) is 56.0 Å². The smallest absolute Gasteiger partial charge is 0.255 e. The number of halogens is 2. The Kier molecular flexibility index (Phi) is 7.71. The summed E-state index contributed by atoms with van der Waals surface area (Å²) in [6, 6.07) is 8.68. The van der Waals surface area contributed by atoms with E-state index < -0.39 is 12.3 Å². The van der Waals surface area contributed by atoms with Crippen molar-refractivity contribution >= 4 is 32.4 Å². The van der Waals surface area contributed by atoms with E-state index >= 15 is 4.39 Å². The van der Waals surface area contributed by atoms with Crippen LogP contribution in [0.5, 0.6) is 5.75 Å². The molecule has 2 aromatic carbocycles. The Hall–Kier alpha value is -3.12. The monoisotopic (exact) mass is 569 g/mol. The van der Waals surface area contributed by atoms with E-state index in [9.17, 15) is 14.3 Å². The molecular weight excluding hydrogens is 536 g/mol. The minimum absolute atomic E-state index is 0.0629. The largest absolute Gasteiger partial charge is 0.496 e. The van der Waals surface area contributed by atoms with Crippen LogP contribution in [-0.2, 0) is 0 Å². The van der Waals surface area contributed by atoms with Crippen molar-refractivity contribution in [3.63, 3.8) is 0 Å². The number of hydrogen-bond acceptors (Lipinski definition) is 7. The quantitative estimate of drug-likeness (QED) is 0.274. The third-order valence-corrected chi connectivity index (χ3v) is 8.91. The number of amides is 1. The van der Waals surface area contributed by atoms with Crippen LogP contribution in [0.15, 0.2) is 36.5 Å². The van der Waals surface area contributed by atoms with Gasteiger partial charge in [0.05, 0.1) is 34.7 Å². The van der Waals surface area contributed by atoms with E-state index in [4.69, 9.17) is 4.74 Å². The predicted molar refractivity (Wildman–Crippen MR) is 151 cm³/mol. The number of thiazole rings is 1. The molecular formula is C29H33F2N5O3S. The van der Waals surface area contributed by atoms with Crippen LogP contribution in [0.4, 0.5) is 8.78 Å². The van der Waals surface area contributed by atoms with E-state index in [0.717, 1.165) is 41.8 Å². The zero-order chi connectivity index (χ0) is 27.8. The van der Waals surface area contributed by atoms with Crippen molar-refractivity contribution in [3.05, 3.63) is 53.5 Å². The highest BCUT2D eigenvalue weighted by atomic mass is 32.1. The second-order valence-corrected chi connectivity index (χ2v) is 11.6. The van der Waals surface area contributed by atoms with Crippen LogP contribution in [0.1, 0.15) is 47.6 Å². The number of imidazole rings is 1. The maximum absolute atomic E-state index is 15.1. The highest BCUT2D eigenvalue weighted by molar-refractivity contribution is 7.23. The molecule has 0 radical (unpaired) electrons. The normalized spacial score (nSPS) is 20.5. The van der Waals surface area contributed by atoms with Crippen LogP contribution in [0, 0.1) is 5.82 Å². The topological polar surface area (TPSA) is 91.1 Å². The molecule has 2 fully saturated rings. The summed E-state index contributed by atoms with van der Waals surface area (Å²) < 4.78 is 36.8. The number of aliphatic hydroxyl groups is 1. The number of ether oxygens (including phenoxy) is 1. The van der Waals surface area contributed by atoms with Crippen molar-refractivity contribution in [2.75, 3.05) is 39.8 Å². The van der Waals surface area contributed by atoms with E-state index in [1.165, 1.54) is 24.5 Å². The molecule has 4 aromatic rings. The van der Waals surface area contributed by atoms with Crippen LogP contribution >= 0.6 is 11.3 Å². The van der Waals surface area contributed by atoms with E-state index in [1.807, 2.05) is 22.6 Å². The number of piperidine rings is 1. The molecule has 8 nitrogen and oxygen atoms in total. The van der Waals surface area contributed by atoms with Gasteiger partial charge in [0.1, 0.15) is 17.7 Å². The van der Waals surface area contributed by atoms with Crippen molar-refractivity contribution in [1.82, 2.24) is 24.9 Å². The molecule has 2 atom stereocenters. The summed E-state index contributed by atoms with van der Waals surface area (Å²) in [5.74, 6) is -0.120. The van der Waals surface area contributed by atoms with Crippen molar-refractivity contribution < 1.29 is 23.4 Å². The average Bonchev–Trinajstić information content (AvgIpc) is 3.65. The second kappa shape index (κ2) is 11.4. The predicted octanol–water partition coefficient (Wildman–Crippen LogP) is 4.31. The van der Waals surface area contributed by atoms with Gasteiger partial charge >= 0.3 is 0 Å². The molecule has 0 saturated carbocycles. The SMILES string of the molecule is COc1cc2c(cc1C(=O)NCCCN1CCC(F)CC1)sc1nc(-c3ccc([C@H]4C[C@H](O)CN4)cc3F)cn12. The van der Waals surface area contributed by atoms with Gasteiger partial charge < -0.3 is 25.4 Å². The number of methoxy groups -OCH3 is 1. The Bertz CT molecular complexity index is 1530. The van der Waals surface area contributed by atoms with Crippen molar-refractivity contribution in [2.24, 2.45) is 0 Å². The third-order valence-electron chi connectivity index (χ3n) is 7.89. The van der Waals surface area contributed by atoms with Gasteiger partial charge in [-0.3, -0.25) is 9.20 Å². The molecule has 0 unspecified atom stereocenters. The van der Waals surface area contributed by atoms with Gasteiger partial charge in [0.2, 0.25) is 0 Å². The molecule has 2 aromatic heterocycles. The van der Waals surface area contributed by atoms with E-state index in [2.05, 4.69) is 20.5 Å². The third kappa shape index (κ3) is 5.43. The van der Waals surface area contributed by atoms with Crippen LogP contribution < -0.4 is 15.4 Å². The molecule has 6 rings (SSSR count). The number of alkyl halides is 1. The summed E-state index contributed by atoms with van der Waals surface area (Å²) in [6.07, 6.45) is 3.22. The number of aliphatic hydroxyl groups excluding tert-OH is 1. The van der Waals surface area contributed by atoms with Crippen LogP contribution in [0.3, 0.4) is 0 Å². The summed E-state index contributed by atoms with van der Waals surface area (Å²) in [6.45, 7) is 3.39. The van der Waals surface area contributed by atoms with Gasteiger partial charge in [0.15, 0.2) is 4.96 Å². The number of aromatic nitrogens is 2. The van der Waals surface area contributed by atoms with Crippen LogP contribution in [-0.4, -0.2) is 77.4 Å².